The maximum atomic E-state index is 11.6. The maximum Gasteiger partial charge on any atom is 0.337 e. The lowest BCUT2D eigenvalue weighted by molar-refractivity contribution is -0.384. The summed E-state index contributed by atoms with van der Waals surface area (Å²) >= 11 is 0. The molecule has 8 heteroatoms. The number of nitrogens with zero attached hydrogens (tertiary/aromatic N) is 2. The van der Waals surface area contributed by atoms with E-state index in [9.17, 15) is 25.1 Å². The molecular weight excluding hydrogens is 268 g/mol. The number of hydrogen-bond acceptors (Lipinski definition) is 6. The van der Waals surface area contributed by atoms with Crippen molar-refractivity contribution in [3.63, 3.8) is 0 Å². The van der Waals surface area contributed by atoms with Gasteiger partial charge in [-0.15, -0.1) is 4.73 Å². The van der Waals surface area contributed by atoms with Crippen LogP contribution in [0.25, 0.3) is 0 Å². The molecule has 8 nitrogen and oxygen atoms in total. The fourth-order valence-electron chi connectivity index (χ4n) is 1.53. The molecule has 0 atom stereocenters. The first-order valence-corrected chi connectivity index (χ1v) is 5.51. The Labute approximate surface area is 112 Å². The van der Waals surface area contributed by atoms with Gasteiger partial charge in [-0.2, -0.15) is 0 Å². The van der Waals surface area contributed by atoms with Gasteiger partial charge in [-0.05, 0) is 5.56 Å². The lowest BCUT2D eigenvalue weighted by Gasteiger charge is -2.06. The molecule has 2 aromatic rings. The first-order valence-electron chi connectivity index (χ1n) is 5.51. The van der Waals surface area contributed by atoms with Crippen LogP contribution in [0.1, 0.15) is 5.56 Å². The van der Waals surface area contributed by atoms with Crippen LogP contribution >= 0.6 is 0 Å². The molecule has 0 amide bonds. The van der Waals surface area contributed by atoms with Crippen LogP contribution in [0, 0.1) is 10.1 Å². The van der Waals surface area contributed by atoms with Gasteiger partial charge in [-0.3, -0.25) is 10.1 Å². The Morgan fingerprint density at radius 3 is 2.20 bits per heavy atom. The van der Waals surface area contributed by atoms with E-state index in [2.05, 4.69) is 0 Å². The highest BCUT2D eigenvalue weighted by molar-refractivity contribution is 5.73. The van der Waals surface area contributed by atoms with Gasteiger partial charge < -0.3 is 15.1 Å². The fourth-order valence-corrected chi connectivity index (χ4v) is 1.53. The van der Waals surface area contributed by atoms with Crippen molar-refractivity contribution in [2.24, 2.45) is 0 Å². The van der Waals surface area contributed by atoms with Gasteiger partial charge in [0.2, 0.25) is 11.8 Å². The topological polar surface area (TPSA) is 115 Å². The molecule has 1 heterocycles. The van der Waals surface area contributed by atoms with E-state index in [1.165, 1.54) is 24.3 Å². The minimum atomic E-state index is -0.736. The quantitative estimate of drug-likeness (QED) is 0.637. The normalized spacial score (nSPS) is 10.2. The fraction of sp³-hybridized carbons (Fsp3) is 0.0833. The minimum absolute atomic E-state index is 0.0807. The zero-order chi connectivity index (χ0) is 14.7. The van der Waals surface area contributed by atoms with Crippen molar-refractivity contribution in [2.45, 2.75) is 6.42 Å². The number of aromatic nitrogens is 1. The number of non-ortho nitro benzene ring substituents is 1. The summed E-state index contributed by atoms with van der Waals surface area (Å²) in [6, 6.07) is 7.72. The van der Waals surface area contributed by atoms with Crippen LogP contribution in [-0.2, 0) is 11.2 Å². The predicted molar refractivity (Wildman–Crippen MR) is 66.1 cm³/mol. The van der Waals surface area contributed by atoms with Gasteiger partial charge in [0.05, 0.1) is 11.3 Å². The molecule has 0 bridgehead atoms. The second-order valence-electron chi connectivity index (χ2n) is 3.91. The molecule has 0 saturated carbocycles. The van der Waals surface area contributed by atoms with E-state index in [4.69, 9.17) is 4.84 Å². The molecule has 0 unspecified atom stereocenters. The zero-order valence-electron chi connectivity index (χ0n) is 10.1. The van der Waals surface area contributed by atoms with Crippen LogP contribution < -0.4 is 4.84 Å². The number of rotatable bonds is 4. The lowest BCUT2D eigenvalue weighted by Crippen LogP contribution is -2.20. The van der Waals surface area contributed by atoms with Crippen LogP contribution in [0.5, 0.6) is 11.8 Å². The third kappa shape index (κ3) is 2.86. The Bertz CT molecular complexity index is 627. The Hall–Kier alpha value is -3.03. The molecule has 104 valence electrons. The van der Waals surface area contributed by atoms with Gasteiger partial charge in [0.25, 0.3) is 5.69 Å². The molecule has 2 N–H and O–H groups in total. The molecular formula is C12H10N2O6. The number of nitro groups is 1. The third-order valence-electron chi connectivity index (χ3n) is 2.49. The first kappa shape index (κ1) is 13.4. The zero-order valence-corrected chi connectivity index (χ0v) is 10.1. The molecule has 0 aliphatic carbocycles. The summed E-state index contributed by atoms with van der Waals surface area (Å²) in [5, 5.41) is 29.1. The van der Waals surface area contributed by atoms with Crippen LogP contribution in [-0.4, -0.2) is 25.8 Å². The standard InChI is InChI=1S/C12H10N2O6/c15-10-5-6-11(16)13(10)20-12(17)7-8-1-3-9(4-2-8)14(18)19/h1-6,15-16H,7H2. The highest BCUT2D eigenvalue weighted by atomic mass is 16.7. The van der Waals surface area contributed by atoms with Crippen LogP contribution in [0.2, 0.25) is 0 Å². The van der Waals surface area contributed by atoms with E-state index in [0.29, 0.717) is 10.3 Å². The van der Waals surface area contributed by atoms with Crippen molar-refractivity contribution >= 4 is 11.7 Å². The lowest BCUT2D eigenvalue weighted by atomic mass is 10.1. The minimum Gasteiger partial charge on any atom is -0.492 e. The van der Waals surface area contributed by atoms with Gasteiger partial charge in [-0.25, -0.2) is 4.79 Å². The van der Waals surface area contributed by atoms with E-state index in [-0.39, 0.29) is 12.1 Å². The van der Waals surface area contributed by atoms with Crippen molar-refractivity contribution in [3.8, 4) is 11.8 Å². The highest BCUT2D eigenvalue weighted by Gasteiger charge is 2.13. The molecule has 0 radical (unpaired) electrons. The molecule has 0 aliphatic heterocycles. The Morgan fingerprint density at radius 1 is 1.15 bits per heavy atom. The highest BCUT2D eigenvalue weighted by Crippen LogP contribution is 2.19. The molecule has 0 fully saturated rings. The summed E-state index contributed by atoms with van der Waals surface area (Å²) in [7, 11) is 0. The van der Waals surface area contributed by atoms with Crippen LogP contribution in [0.4, 0.5) is 5.69 Å². The van der Waals surface area contributed by atoms with Crippen molar-refractivity contribution in [2.75, 3.05) is 0 Å². The third-order valence-corrected chi connectivity index (χ3v) is 2.49. The maximum absolute atomic E-state index is 11.6. The number of carbonyl (C=O) groups is 1. The molecule has 20 heavy (non-hydrogen) atoms. The first-order chi connectivity index (χ1) is 9.47. The Kier molecular flexibility index (Phi) is 3.56. The van der Waals surface area contributed by atoms with Crippen LogP contribution in [0.3, 0.4) is 0 Å². The molecule has 1 aromatic carbocycles. The van der Waals surface area contributed by atoms with Gasteiger partial charge >= 0.3 is 5.97 Å². The average Bonchev–Trinajstić information content (AvgIpc) is 2.71. The summed E-state index contributed by atoms with van der Waals surface area (Å²) in [5.41, 5.74) is 0.426. The number of hydrogen-bond donors (Lipinski definition) is 2. The smallest absolute Gasteiger partial charge is 0.337 e. The number of carbonyl (C=O) groups excluding carboxylic acids is 1. The molecule has 0 spiro atoms. The monoisotopic (exact) mass is 278 g/mol. The van der Waals surface area contributed by atoms with Crippen molar-refractivity contribution < 1.29 is 24.8 Å². The van der Waals surface area contributed by atoms with E-state index >= 15 is 0 Å². The molecule has 2 rings (SSSR count). The SMILES string of the molecule is O=C(Cc1ccc([N+](=O)[O-])cc1)On1c(O)ccc1O. The van der Waals surface area contributed by atoms with Gasteiger partial charge in [0, 0.05) is 24.3 Å². The summed E-state index contributed by atoms with van der Waals surface area (Å²) in [4.78, 5) is 26.3. The van der Waals surface area contributed by atoms with Gasteiger partial charge in [0.1, 0.15) is 0 Å². The van der Waals surface area contributed by atoms with Crippen molar-refractivity contribution in [1.29, 1.82) is 0 Å². The molecule has 1 aromatic heterocycles. The number of aromatic hydroxyl groups is 2. The van der Waals surface area contributed by atoms with Crippen molar-refractivity contribution in [1.82, 2.24) is 4.73 Å². The second-order valence-corrected chi connectivity index (χ2v) is 3.91. The summed E-state index contributed by atoms with van der Waals surface area (Å²) < 4.78 is 0.577. The van der Waals surface area contributed by atoms with E-state index in [1.54, 1.807) is 0 Å². The summed E-state index contributed by atoms with van der Waals surface area (Å²) in [5.74, 6) is -1.57. The molecule has 0 aliphatic rings. The van der Waals surface area contributed by atoms with Crippen LogP contribution in [0.15, 0.2) is 36.4 Å². The van der Waals surface area contributed by atoms with Gasteiger partial charge in [-0.1, -0.05) is 12.1 Å². The van der Waals surface area contributed by atoms with E-state index in [0.717, 1.165) is 12.1 Å². The van der Waals surface area contributed by atoms with E-state index in [1.807, 2.05) is 0 Å². The predicted octanol–water partition coefficient (Wildman–Crippen LogP) is 1.01. The Balaban J connectivity index is 2.03. The number of nitro benzene ring substituents is 1. The molecule has 0 saturated heterocycles. The van der Waals surface area contributed by atoms with Gasteiger partial charge in [0.15, 0.2) is 0 Å². The summed E-state index contributed by atoms with van der Waals surface area (Å²) in [6.07, 6.45) is -0.158. The number of benzene rings is 1. The largest absolute Gasteiger partial charge is 0.492 e. The van der Waals surface area contributed by atoms with E-state index < -0.39 is 22.7 Å². The average molecular weight is 278 g/mol. The summed E-state index contributed by atoms with van der Waals surface area (Å²) in [6.45, 7) is 0. The Morgan fingerprint density at radius 2 is 1.70 bits per heavy atom. The second kappa shape index (κ2) is 5.31. The van der Waals surface area contributed by atoms with Crippen molar-refractivity contribution in [3.05, 3.63) is 52.1 Å².